The van der Waals surface area contributed by atoms with Gasteiger partial charge in [0.25, 0.3) is 0 Å². The monoisotopic (exact) mass is 324 g/mol. The SMILES string of the molecule is Cc1cc2c(cc1C)-c1c(cnn1-c1ccc(Cl)cc1)CCO2. The lowest BCUT2D eigenvalue weighted by molar-refractivity contribution is 0.326. The Morgan fingerprint density at radius 2 is 1.83 bits per heavy atom. The van der Waals surface area contributed by atoms with E-state index in [0.717, 1.165) is 34.1 Å². The summed E-state index contributed by atoms with van der Waals surface area (Å²) in [6.45, 7) is 4.92. The van der Waals surface area contributed by atoms with E-state index < -0.39 is 0 Å². The van der Waals surface area contributed by atoms with Crippen LogP contribution in [0.25, 0.3) is 16.9 Å². The molecule has 23 heavy (non-hydrogen) atoms. The first kappa shape index (κ1) is 14.3. The second-order valence-electron chi connectivity index (χ2n) is 5.94. The van der Waals surface area contributed by atoms with E-state index in [-0.39, 0.29) is 0 Å². The molecule has 0 N–H and O–H groups in total. The van der Waals surface area contributed by atoms with Crippen molar-refractivity contribution in [2.75, 3.05) is 6.61 Å². The Kier molecular flexibility index (Phi) is 3.38. The largest absolute Gasteiger partial charge is 0.493 e. The summed E-state index contributed by atoms with van der Waals surface area (Å²) in [6, 6.07) is 12.1. The highest BCUT2D eigenvalue weighted by atomic mass is 35.5. The van der Waals surface area contributed by atoms with Crippen LogP contribution in [-0.4, -0.2) is 16.4 Å². The molecule has 4 rings (SSSR count). The molecule has 0 atom stereocenters. The molecule has 0 saturated heterocycles. The number of ether oxygens (including phenoxy) is 1. The van der Waals surface area contributed by atoms with E-state index in [2.05, 4.69) is 31.1 Å². The molecule has 1 aromatic heterocycles. The Bertz CT molecular complexity index is 881. The molecule has 0 amide bonds. The molecule has 4 heteroatoms. The Balaban J connectivity index is 1.96. The fourth-order valence-electron chi connectivity index (χ4n) is 3.00. The van der Waals surface area contributed by atoms with Gasteiger partial charge in [0.05, 0.1) is 24.2 Å². The first-order chi connectivity index (χ1) is 11.1. The third kappa shape index (κ3) is 2.41. The van der Waals surface area contributed by atoms with Gasteiger partial charge in [-0.1, -0.05) is 11.6 Å². The van der Waals surface area contributed by atoms with E-state index in [1.165, 1.54) is 16.7 Å². The van der Waals surface area contributed by atoms with E-state index in [1.54, 1.807) is 0 Å². The molecule has 0 spiro atoms. The summed E-state index contributed by atoms with van der Waals surface area (Å²) in [6.07, 6.45) is 2.80. The van der Waals surface area contributed by atoms with Gasteiger partial charge in [-0.15, -0.1) is 0 Å². The number of nitrogens with zero attached hydrogens (tertiary/aromatic N) is 2. The summed E-state index contributed by atoms with van der Waals surface area (Å²) >= 11 is 6.01. The van der Waals surface area contributed by atoms with E-state index in [9.17, 15) is 0 Å². The van der Waals surface area contributed by atoms with Crippen LogP contribution in [0.5, 0.6) is 5.75 Å². The van der Waals surface area contributed by atoms with Gasteiger partial charge in [-0.25, -0.2) is 4.68 Å². The van der Waals surface area contributed by atoms with E-state index in [0.29, 0.717) is 6.61 Å². The smallest absolute Gasteiger partial charge is 0.128 e. The maximum Gasteiger partial charge on any atom is 0.128 e. The highest BCUT2D eigenvalue weighted by Crippen LogP contribution is 2.38. The Morgan fingerprint density at radius 3 is 2.61 bits per heavy atom. The number of fused-ring (bicyclic) bond motifs is 3. The van der Waals surface area contributed by atoms with Crippen molar-refractivity contribution >= 4 is 11.6 Å². The number of aryl methyl sites for hydroxylation is 2. The van der Waals surface area contributed by atoms with Crippen molar-refractivity contribution < 1.29 is 4.74 Å². The van der Waals surface area contributed by atoms with Crippen molar-refractivity contribution in [1.82, 2.24) is 9.78 Å². The lowest BCUT2D eigenvalue weighted by Crippen LogP contribution is -2.00. The van der Waals surface area contributed by atoms with E-state index in [4.69, 9.17) is 16.3 Å². The van der Waals surface area contributed by atoms with Crippen LogP contribution in [0.4, 0.5) is 0 Å². The average Bonchev–Trinajstić information content (AvgIpc) is 2.87. The number of aromatic nitrogens is 2. The van der Waals surface area contributed by atoms with Gasteiger partial charge in [0.15, 0.2) is 0 Å². The predicted octanol–water partition coefficient (Wildman–Crippen LogP) is 4.74. The Morgan fingerprint density at radius 1 is 1.09 bits per heavy atom. The number of hydrogen-bond acceptors (Lipinski definition) is 2. The zero-order chi connectivity index (χ0) is 16.0. The quantitative estimate of drug-likeness (QED) is 0.646. The number of halogens is 1. The summed E-state index contributed by atoms with van der Waals surface area (Å²) < 4.78 is 7.95. The van der Waals surface area contributed by atoms with E-state index in [1.807, 2.05) is 35.1 Å². The molecular formula is C19H17ClN2O. The first-order valence-corrected chi connectivity index (χ1v) is 8.08. The van der Waals surface area contributed by atoms with Crippen molar-refractivity contribution in [3.8, 4) is 22.7 Å². The number of rotatable bonds is 1. The van der Waals surface area contributed by atoms with Crippen molar-refractivity contribution in [3.63, 3.8) is 0 Å². The zero-order valence-electron chi connectivity index (χ0n) is 13.1. The summed E-state index contributed by atoms with van der Waals surface area (Å²) in [5.41, 5.74) is 6.92. The predicted molar refractivity (Wildman–Crippen MR) is 92.7 cm³/mol. The van der Waals surface area contributed by atoms with E-state index >= 15 is 0 Å². The van der Waals surface area contributed by atoms with Gasteiger partial charge < -0.3 is 4.74 Å². The van der Waals surface area contributed by atoms with Crippen LogP contribution in [0, 0.1) is 13.8 Å². The standard InChI is InChI=1S/C19H17ClN2O/c1-12-9-17-18(10-13(12)2)23-8-7-14-11-21-22(19(14)17)16-5-3-15(20)4-6-16/h3-6,9-11H,7-8H2,1-2H3. The molecule has 1 aliphatic rings. The minimum absolute atomic E-state index is 0.675. The zero-order valence-corrected chi connectivity index (χ0v) is 13.9. The maximum absolute atomic E-state index is 6.01. The van der Waals surface area contributed by atoms with Crippen LogP contribution in [0.2, 0.25) is 5.02 Å². The molecule has 0 saturated carbocycles. The van der Waals surface area contributed by atoms with Gasteiger partial charge in [0.2, 0.25) is 0 Å². The second kappa shape index (κ2) is 5.43. The van der Waals surface area contributed by atoms with Crippen LogP contribution in [0.1, 0.15) is 16.7 Å². The molecule has 0 unspecified atom stereocenters. The molecule has 1 aliphatic heterocycles. The molecule has 2 aromatic carbocycles. The van der Waals surface area contributed by atoms with Crippen LogP contribution in [0.15, 0.2) is 42.6 Å². The third-order valence-electron chi connectivity index (χ3n) is 4.40. The van der Waals surface area contributed by atoms with Gasteiger partial charge in [0.1, 0.15) is 5.75 Å². The highest BCUT2D eigenvalue weighted by Gasteiger charge is 2.22. The van der Waals surface area contributed by atoms with Crippen LogP contribution >= 0.6 is 11.6 Å². The van der Waals surface area contributed by atoms with Crippen molar-refractivity contribution in [2.45, 2.75) is 20.3 Å². The topological polar surface area (TPSA) is 27.1 Å². The Hall–Kier alpha value is -2.26. The van der Waals surface area contributed by atoms with Crippen LogP contribution < -0.4 is 4.74 Å². The minimum Gasteiger partial charge on any atom is -0.493 e. The van der Waals surface area contributed by atoms with Crippen molar-refractivity contribution in [2.24, 2.45) is 0 Å². The van der Waals surface area contributed by atoms with Crippen molar-refractivity contribution in [1.29, 1.82) is 0 Å². The summed E-state index contributed by atoms with van der Waals surface area (Å²) in [5.74, 6) is 0.933. The van der Waals surface area contributed by atoms with Crippen LogP contribution in [0.3, 0.4) is 0 Å². The molecule has 116 valence electrons. The number of benzene rings is 2. The fourth-order valence-corrected chi connectivity index (χ4v) is 3.12. The van der Waals surface area contributed by atoms with Gasteiger partial charge in [-0.2, -0.15) is 5.10 Å². The highest BCUT2D eigenvalue weighted by molar-refractivity contribution is 6.30. The lowest BCUT2D eigenvalue weighted by atomic mass is 10.0. The maximum atomic E-state index is 6.01. The van der Waals surface area contributed by atoms with Gasteiger partial charge >= 0.3 is 0 Å². The molecule has 0 fully saturated rings. The normalized spacial score (nSPS) is 13.0. The summed E-state index contributed by atoms with van der Waals surface area (Å²) in [5, 5.41) is 5.33. The summed E-state index contributed by atoms with van der Waals surface area (Å²) in [7, 11) is 0. The summed E-state index contributed by atoms with van der Waals surface area (Å²) in [4.78, 5) is 0. The average molecular weight is 325 g/mol. The minimum atomic E-state index is 0.675. The first-order valence-electron chi connectivity index (χ1n) is 7.71. The van der Waals surface area contributed by atoms with Crippen molar-refractivity contribution in [3.05, 3.63) is 64.3 Å². The molecule has 0 aliphatic carbocycles. The second-order valence-corrected chi connectivity index (χ2v) is 6.37. The molecule has 3 aromatic rings. The molecule has 0 radical (unpaired) electrons. The van der Waals surface area contributed by atoms with Gasteiger partial charge in [-0.05, 0) is 61.4 Å². The van der Waals surface area contributed by atoms with Gasteiger partial charge in [0, 0.05) is 22.6 Å². The lowest BCUT2D eigenvalue weighted by Gasteiger charge is -2.13. The van der Waals surface area contributed by atoms with Crippen LogP contribution in [-0.2, 0) is 6.42 Å². The molecule has 0 bridgehead atoms. The Labute approximate surface area is 140 Å². The number of hydrogen-bond donors (Lipinski definition) is 0. The van der Waals surface area contributed by atoms with Gasteiger partial charge in [-0.3, -0.25) is 0 Å². The molecular weight excluding hydrogens is 308 g/mol. The molecule has 2 heterocycles. The fraction of sp³-hybridized carbons (Fsp3) is 0.211. The molecule has 3 nitrogen and oxygen atoms in total. The third-order valence-corrected chi connectivity index (χ3v) is 4.65.